The van der Waals surface area contributed by atoms with Crippen LogP contribution < -0.4 is 5.32 Å². The molecule has 0 radical (unpaired) electrons. The largest absolute Gasteiger partial charge is 0.367 e. The molecule has 4 aromatic heterocycles. The molecule has 0 spiro atoms. The minimum atomic E-state index is 0.322. The summed E-state index contributed by atoms with van der Waals surface area (Å²) in [4.78, 5) is 12.9. The van der Waals surface area contributed by atoms with Crippen molar-refractivity contribution in [3.63, 3.8) is 0 Å². The zero-order valence-electron chi connectivity index (χ0n) is 18.6. The minimum absolute atomic E-state index is 0.322. The molecule has 0 saturated carbocycles. The number of hydrogen-bond donors (Lipinski definition) is 2. The van der Waals surface area contributed by atoms with Gasteiger partial charge in [-0.05, 0) is 58.8 Å². The Morgan fingerprint density at radius 2 is 2.03 bits per heavy atom. The normalized spacial score (nSPS) is 15.9. The van der Waals surface area contributed by atoms with Gasteiger partial charge in [0.05, 0.1) is 11.9 Å². The van der Waals surface area contributed by atoms with Crippen LogP contribution in [0.25, 0.3) is 27.8 Å². The van der Waals surface area contributed by atoms with Gasteiger partial charge in [-0.3, -0.25) is 4.98 Å². The molecule has 6 nitrogen and oxygen atoms in total. The van der Waals surface area contributed by atoms with Gasteiger partial charge in [0, 0.05) is 56.7 Å². The zero-order chi connectivity index (χ0) is 22.5. The van der Waals surface area contributed by atoms with Crippen LogP contribution in [0.2, 0.25) is 0 Å². The molecular formula is C26H25BrN6. The molecule has 0 unspecified atom stereocenters. The molecule has 0 bridgehead atoms. The van der Waals surface area contributed by atoms with Crippen LogP contribution in [-0.2, 0) is 12.8 Å². The Morgan fingerprint density at radius 3 is 2.88 bits per heavy atom. The summed E-state index contributed by atoms with van der Waals surface area (Å²) in [5.74, 6) is 1.30. The molecule has 1 atom stereocenters. The molecular weight excluding hydrogens is 476 g/mol. The maximum atomic E-state index is 4.98. The highest BCUT2D eigenvalue weighted by Crippen LogP contribution is 2.32. The second-order valence-corrected chi connectivity index (χ2v) is 10.0. The first kappa shape index (κ1) is 20.4. The van der Waals surface area contributed by atoms with E-state index in [-0.39, 0.29) is 0 Å². The third-order valence-corrected chi connectivity index (χ3v) is 7.00. The molecule has 33 heavy (non-hydrogen) atoms. The predicted molar refractivity (Wildman–Crippen MR) is 136 cm³/mol. The van der Waals surface area contributed by atoms with Crippen molar-refractivity contribution < 1.29 is 0 Å². The third-order valence-electron chi connectivity index (χ3n) is 6.57. The number of aromatic nitrogens is 5. The molecule has 0 fully saturated rings. The Hall–Kier alpha value is -3.19. The molecule has 1 aromatic carbocycles. The summed E-state index contributed by atoms with van der Waals surface area (Å²) < 4.78 is 2.89. The number of aromatic amines is 1. The average molecular weight is 501 g/mol. The Balaban J connectivity index is 1.41. The number of aryl methyl sites for hydroxylation is 1. The number of halogens is 1. The van der Waals surface area contributed by atoms with Crippen molar-refractivity contribution in [2.45, 2.75) is 45.1 Å². The number of benzene rings is 1. The molecule has 2 N–H and O–H groups in total. The maximum Gasteiger partial charge on any atom is 0.161 e. The van der Waals surface area contributed by atoms with E-state index in [1.807, 2.05) is 16.9 Å². The number of fused-ring (bicyclic) bond motifs is 4. The van der Waals surface area contributed by atoms with Crippen molar-refractivity contribution in [3.8, 4) is 11.3 Å². The lowest BCUT2D eigenvalue weighted by atomic mass is 9.91. The van der Waals surface area contributed by atoms with Crippen molar-refractivity contribution in [2.75, 3.05) is 5.32 Å². The highest BCUT2D eigenvalue weighted by molar-refractivity contribution is 9.10. The SMILES string of the molecule is CC(C)c1cnn2c(N[C@@H]3CCc4[nH]c5ccccc5c4C3)cc(-c3cncc(Br)c3)nc12. The highest BCUT2D eigenvalue weighted by atomic mass is 79.9. The van der Waals surface area contributed by atoms with Crippen LogP contribution in [0, 0.1) is 0 Å². The van der Waals surface area contributed by atoms with Gasteiger partial charge in [0.25, 0.3) is 0 Å². The summed E-state index contributed by atoms with van der Waals surface area (Å²) >= 11 is 3.54. The first-order valence-electron chi connectivity index (χ1n) is 11.4. The van der Waals surface area contributed by atoms with Gasteiger partial charge in [-0.15, -0.1) is 0 Å². The Morgan fingerprint density at radius 1 is 1.15 bits per heavy atom. The van der Waals surface area contributed by atoms with Crippen LogP contribution in [0.3, 0.4) is 0 Å². The molecule has 0 amide bonds. The molecule has 0 aliphatic heterocycles. The Kier molecular flexibility index (Phi) is 4.94. The lowest BCUT2D eigenvalue weighted by Gasteiger charge is -2.25. The van der Waals surface area contributed by atoms with E-state index >= 15 is 0 Å². The summed E-state index contributed by atoms with van der Waals surface area (Å²) in [6.07, 6.45) is 8.68. The van der Waals surface area contributed by atoms with Gasteiger partial charge in [0.1, 0.15) is 5.82 Å². The number of hydrogen-bond acceptors (Lipinski definition) is 4. The van der Waals surface area contributed by atoms with Crippen LogP contribution >= 0.6 is 15.9 Å². The summed E-state index contributed by atoms with van der Waals surface area (Å²) in [5, 5.41) is 9.85. The quantitative estimate of drug-likeness (QED) is 0.311. The van der Waals surface area contributed by atoms with E-state index in [4.69, 9.17) is 10.1 Å². The van der Waals surface area contributed by atoms with E-state index in [1.54, 1.807) is 6.20 Å². The fraction of sp³-hybridized carbons (Fsp3) is 0.269. The van der Waals surface area contributed by atoms with Gasteiger partial charge >= 0.3 is 0 Å². The summed E-state index contributed by atoms with van der Waals surface area (Å²) in [5.41, 5.74) is 7.94. The molecule has 5 aromatic rings. The highest BCUT2D eigenvalue weighted by Gasteiger charge is 2.24. The zero-order valence-corrected chi connectivity index (χ0v) is 20.2. The third kappa shape index (κ3) is 3.60. The number of rotatable bonds is 4. The van der Waals surface area contributed by atoms with Crippen molar-refractivity contribution >= 4 is 38.3 Å². The van der Waals surface area contributed by atoms with Crippen molar-refractivity contribution in [2.24, 2.45) is 0 Å². The van der Waals surface area contributed by atoms with Gasteiger partial charge in [0.2, 0.25) is 0 Å². The Labute approximate surface area is 200 Å². The fourth-order valence-corrected chi connectivity index (χ4v) is 5.26. The summed E-state index contributed by atoms with van der Waals surface area (Å²) in [7, 11) is 0. The van der Waals surface area contributed by atoms with Gasteiger partial charge in [-0.2, -0.15) is 9.61 Å². The van der Waals surface area contributed by atoms with Crippen molar-refractivity contribution in [3.05, 3.63) is 76.3 Å². The first-order valence-corrected chi connectivity index (χ1v) is 12.2. The second kappa shape index (κ2) is 7.99. The number of nitrogens with zero attached hydrogens (tertiary/aromatic N) is 4. The van der Waals surface area contributed by atoms with E-state index in [9.17, 15) is 0 Å². The number of pyridine rings is 1. The van der Waals surface area contributed by atoms with Gasteiger partial charge < -0.3 is 10.3 Å². The monoisotopic (exact) mass is 500 g/mol. The van der Waals surface area contributed by atoms with Gasteiger partial charge in [-0.1, -0.05) is 32.0 Å². The standard InChI is InChI=1S/C26H25BrN6/c1-15(2)21-14-29-33-25(11-24(32-26(21)33)16-9-17(27)13-28-12-16)30-18-7-8-23-20(10-18)19-5-3-4-6-22(19)31-23/h3-6,9,11-15,18,30-31H,7-8,10H2,1-2H3/t18-/m1/s1. The van der Waals surface area contributed by atoms with E-state index in [0.29, 0.717) is 12.0 Å². The van der Waals surface area contributed by atoms with Gasteiger partial charge in [-0.25, -0.2) is 4.98 Å². The molecule has 1 aliphatic carbocycles. The van der Waals surface area contributed by atoms with Crippen LogP contribution in [-0.4, -0.2) is 30.6 Å². The minimum Gasteiger partial charge on any atom is -0.367 e. The van der Waals surface area contributed by atoms with E-state index in [1.165, 1.54) is 22.2 Å². The number of anilines is 1. The van der Waals surface area contributed by atoms with Crippen molar-refractivity contribution in [1.82, 2.24) is 24.6 Å². The first-order chi connectivity index (χ1) is 16.1. The molecule has 4 heterocycles. The molecule has 0 saturated heterocycles. The molecule has 166 valence electrons. The number of para-hydroxylation sites is 1. The Bertz CT molecular complexity index is 1480. The summed E-state index contributed by atoms with van der Waals surface area (Å²) in [6.45, 7) is 4.36. The topological polar surface area (TPSA) is 70.9 Å². The smallest absolute Gasteiger partial charge is 0.161 e. The summed E-state index contributed by atoms with van der Waals surface area (Å²) in [6, 6.07) is 13.1. The molecule has 1 aliphatic rings. The molecule has 7 heteroatoms. The van der Waals surface area contributed by atoms with Crippen LogP contribution in [0.5, 0.6) is 0 Å². The van der Waals surface area contributed by atoms with Gasteiger partial charge in [0.15, 0.2) is 5.65 Å². The van der Waals surface area contributed by atoms with E-state index < -0.39 is 0 Å². The van der Waals surface area contributed by atoms with E-state index in [2.05, 4.69) is 81.5 Å². The number of H-pyrrole nitrogens is 1. The van der Waals surface area contributed by atoms with Crippen molar-refractivity contribution in [1.29, 1.82) is 0 Å². The molecule has 6 rings (SSSR count). The average Bonchev–Trinajstić information content (AvgIpc) is 3.41. The van der Waals surface area contributed by atoms with Crippen LogP contribution in [0.1, 0.15) is 43.0 Å². The lowest BCUT2D eigenvalue weighted by molar-refractivity contribution is 0.603. The van der Waals surface area contributed by atoms with Crippen LogP contribution in [0.4, 0.5) is 5.82 Å². The fourth-order valence-electron chi connectivity index (χ4n) is 4.89. The predicted octanol–water partition coefficient (Wildman–Crippen LogP) is 6.13. The van der Waals surface area contributed by atoms with Crippen LogP contribution in [0.15, 0.2) is 59.5 Å². The second-order valence-electron chi connectivity index (χ2n) is 9.12. The lowest BCUT2D eigenvalue weighted by Crippen LogP contribution is -2.28. The van der Waals surface area contributed by atoms with E-state index in [0.717, 1.165) is 52.0 Å². The number of nitrogens with one attached hydrogen (secondary N) is 2. The maximum absolute atomic E-state index is 4.98.